The number of carbonyl (C=O) groups excluding carboxylic acids is 1. The van der Waals surface area contributed by atoms with Gasteiger partial charge in [0.25, 0.3) is 5.91 Å². The molecule has 2 aromatic rings. The van der Waals surface area contributed by atoms with Crippen molar-refractivity contribution in [3.63, 3.8) is 0 Å². The second-order valence-corrected chi connectivity index (χ2v) is 8.02. The van der Waals surface area contributed by atoms with Gasteiger partial charge in [-0.05, 0) is 50.2 Å². The summed E-state index contributed by atoms with van der Waals surface area (Å²) in [4.78, 5) is 16.1. The van der Waals surface area contributed by atoms with E-state index in [1.807, 2.05) is 5.38 Å². The van der Waals surface area contributed by atoms with Crippen LogP contribution in [0.15, 0.2) is 11.4 Å². The van der Waals surface area contributed by atoms with E-state index in [-0.39, 0.29) is 11.8 Å². The van der Waals surface area contributed by atoms with Gasteiger partial charge in [-0.1, -0.05) is 0 Å². The number of amides is 1. The summed E-state index contributed by atoms with van der Waals surface area (Å²) in [7, 11) is 0. The number of aromatic nitrogens is 2. The van der Waals surface area contributed by atoms with E-state index in [9.17, 15) is 18.0 Å². The number of fused-ring (bicyclic) bond motifs is 1. The average Bonchev–Trinajstić information content (AvgIpc) is 3.28. The molecule has 0 radical (unpaired) electrons. The van der Waals surface area contributed by atoms with Crippen molar-refractivity contribution >= 4 is 17.2 Å². The van der Waals surface area contributed by atoms with Crippen molar-refractivity contribution in [3.8, 4) is 0 Å². The van der Waals surface area contributed by atoms with Crippen molar-refractivity contribution in [2.75, 3.05) is 13.1 Å². The van der Waals surface area contributed by atoms with Crippen molar-refractivity contribution in [1.29, 1.82) is 0 Å². The van der Waals surface area contributed by atoms with E-state index in [2.05, 4.69) is 10.2 Å². The van der Waals surface area contributed by atoms with Gasteiger partial charge in [0.2, 0.25) is 0 Å². The van der Waals surface area contributed by atoms with E-state index in [0.29, 0.717) is 18.8 Å². The van der Waals surface area contributed by atoms with Gasteiger partial charge in [0.1, 0.15) is 0 Å². The maximum Gasteiger partial charge on any atom is 0.435 e. The minimum atomic E-state index is -4.45. The topological polar surface area (TPSA) is 49.0 Å². The molecule has 1 amide bonds. The van der Waals surface area contributed by atoms with Crippen LogP contribution in [-0.4, -0.2) is 34.1 Å². The highest BCUT2D eigenvalue weighted by molar-refractivity contribution is 7.10. The smallest absolute Gasteiger partial charge is 0.338 e. The zero-order chi connectivity index (χ0) is 18.3. The van der Waals surface area contributed by atoms with Gasteiger partial charge in [-0.3, -0.25) is 9.89 Å². The number of aromatic amines is 1. The number of hydrogen-bond donors (Lipinski definition) is 1. The van der Waals surface area contributed by atoms with Crippen LogP contribution in [0.2, 0.25) is 0 Å². The average molecular weight is 383 g/mol. The fourth-order valence-corrected chi connectivity index (χ4v) is 5.07. The van der Waals surface area contributed by atoms with Crippen LogP contribution >= 0.6 is 11.3 Å². The zero-order valence-corrected chi connectivity index (χ0v) is 15.1. The number of alkyl halides is 3. The molecule has 3 heterocycles. The number of likely N-dealkylation sites (tertiary alicyclic amines) is 1. The summed E-state index contributed by atoms with van der Waals surface area (Å²) in [6.07, 6.45) is 1.37. The molecule has 1 aliphatic carbocycles. The summed E-state index contributed by atoms with van der Waals surface area (Å²) in [5.74, 6) is -0.115. The highest BCUT2D eigenvalue weighted by atomic mass is 32.1. The Labute approximate surface area is 153 Å². The first-order valence-corrected chi connectivity index (χ1v) is 9.82. The van der Waals surface area contributed by atoms with Crippen molar-refractivity contribution < 1.29 is 18.0 Å². The summed E-state index contributed by atoms with van der Waals surface area (Å²) in [6.45, 7) is 1.09. The predicted molar refractivity (Wildman–Crippen MR) is 92.4 cm³/mol. The number of hydrogen-bond acceptors (Lipinski definition) is 3. The van der Waals surface area contributed by atoms with Crippen molar-refractivity contribution in [3.05, 3.63) is 38.8 Å². The SMILES string of the molecule is O=C(c1csc2c1CCCC2)N1CCC[C@H](c2cc(C(F)(F)F)n[nH]2)C1. The Morgan fingerprint density at radius 1 is 1.27 bits per heavy atom. The molecule has 4 rings (SSSR count). The van der Waals surface area contributed by atoms with Gasteiger partial charge < -0.3 is 4.90 Å². The van der Waals surface area contributed by atoms with Crippen molar-refractivity contribution in [1.82, 2.24) is 15.1 Å². The predicted octanol–water partition coefficient (Wildman–Crippen LogP) is 4.39. The van der Waals surface area contributed by atoms with Gasteiger partial charge in [-0.2, -0.15) is 18.3 Å². The quantitative estimate of drug-likeness (QED) is 0.836. The molecular formula is C18H20F3N3OS. The van der Waals surface area contributed by atoms with Crippen LogP contribution in [-0.2, 0) is 19.0 Å². The van der Waals surface area contributed by atoms with Gasteiger partial charge in [0, 0.05) is 35.0 Å². The van der Waals surface area contributed by atoms with E-state index in [4.69, 9.17) is 0 Å². The molecular weight excluding hydrogens is 363 g/mol. The van der Waals surface area contributed by atoms with E-state index in [1.165, 1.54) is 16.9 Å². The molecule has 0 unspecified atom stereocenters. The number of thiophene rings is 1. The van der Waals surface area contributed by atoms with Crippen LogP contribution in [0.4, 0.5) is 13.2 Å². The normalized spacial score (nSPS) is 20.9. The molecule has 4 nitrogen and oxygen atoms in total. The van der Waals surface area contributed by atoms with Gasteiger partial charge in [-0.15, -0.1) is 11.3 Å². The zero-order valence-electron chi connectivity index (χ0n) is 14.2. The molecule has 2 aliphatic rings. The van der Waals surface area contributed by atoms with E-state index in [1.54, 1.807) is 16.2 Å². The second-order valence-electron chi connectivity index (χ2n) is 7.05. The van der Waals surface area contributed by atoms with Gasteiger partial charge in [0.15, 0.2) is 5.69 Å². The lowest BCUT2D eigenvalue weighted by Gasteiger charge is -2.32. The van der Waals surface area contributed by atoms with Gasteiger partial charge >= 0.3 is 6.18 Å². The van der Waals surface area contributed by atoms with Gasteiger partial charge in [-0.25, -0.2) is 0 Å². The largest absolute Gasteiger partial charge is 0.435 e. The molecule has 0 aromatic carbocycles. The number of halogens is 3. The van der Waals surface area contributed by atoms with Crippen LogP contribution < -0.4 is 0 Å². The van der Waals surface area contributed by atoms with E-state index < -0.39 is 11.9 Å². The molecule has 0 spiro atoms. The first-order valence-electron chi connectivity index (χ1n) is 8.94. The van der Waals surface area contributed by atoms with Crippen LogP contribution in [0, 0.1) is 0 Å². The fraction of sp³-hybridized carbons (Fsp3) is 0.556. The number of nitrogens with zero attached hydrogens (tertiary/aromatic N) is 2. The first kappa shape index (κ1) is 17.6. The lowest BCUT2D eigenvalue weighted by molar-refractivity contribution is -0.141. The number of aryl methyl sites for hydroxylation is 1. The second kappa shape index (κ2) is 6.72. The van der Waals surface area contributed by atoms with Crippen LogP contribution in [0.25, 0.3) is 0 Å². The fourth-order valence-electron chi connectivity index (χ4n) is 3.95. The highest BCUT2D eigenvalue weighted by Gasteiger charge is 2.36. The number of nitrogens with one attached hydrogen (secondary N) is 1. The van der Waals surface area contributed by atoms with Crippen molar-refractivity contribution in [2.45, 2.75) is 50.6 Å². The molecule has 26 heavy (non-hydrogen) atoms. The molecule has 1 aliphatic heterocycles. The molecule has 1 saturated heterocycles. The Bertz CT molecular complexity index is 811. The number of carbonyl (C=O) groups is 1. The summed E-state index contributed by atoms with van der Waals surface area (Å²) >= 11 is 1.66. The molecule has 0 saturated carbocycles. The maximum atomic E-state index is 13.0. The summed E-state index contributed by atoms with van der Waals surface area (Å²) in [5, 5.41) is 7.87. The third kappa shape index (κ3) is 3.26. The highest BCUT2D eigenvalue weighted by Crippen LogP contribution is 2.34. The van der Waals surface area contributed by atoms with Gasteiger partial charge in [0.05, 0.1) is 5.56 Å². The van der Waals surface area contributed by atoms with Crippen LogP contribution in [0.1, 0.15) is 63.8 Å². The molecule has 140 valence electrons. The summed E-state index contributed by atoms with van der Waals surface area (Å²) in [5.41, 5.74) is 1.55. The first-order chi connectivity index (χ1) is 12.4. The lowest BCUT2D eigenvalue weighted by Crippen LogP contribution is -2.39. The lowest BCUT2D eigenvalue weighted by atomic mass is 9.92. The summed E-state index contributed by atoms with van der Waals surface area (Å²) in [6, 6.07) is 1.07. The maximum absolute atomic E-state index is 13.0. The minimum Gasteiger partial charge on any atom is -0.338 e. The molecule has 8 heteroatoms. The van der Waals surface area contributed by atoms with E-state index >= 15 is 0 Å². The van der Waals surface area contributed by atoms with Crippen molar-refractivity contribution in [2.24, 2.45) is 0 Å². The Kier molecular flexibility index (Phi) is 4.54. The standard InChI is InChI=1S/C18H20F3N3OS/c19-18(20,21)16-8-14(22-23-16)11-4-3-7-24(9-11)17(25)13-10-26-15-6-2-1-5-12(13)15/h8,10-11H,1-7,9H2,(H,22,23)/t11-/m0/s1. The third-order valence-corrected chi connectivity index (χ3v) is 6.42. The van der Waals surface area contributed by atoms with E-state index in [0.717, 1.165) is 43.7 Å². The Morgan fingerprint density at radius 3 is 2.85 bits per heavy atom. The molecule has 1 N–H and O–H groups in total. The number of rotatable bonds is 2. The Morgan fingerprint density at radius 2 is 2.08 bits per heavy atom. The van der Waals surface area contributed by atoms with Crippen LogP contribution in [0.5, 0.6) is 0 Å². The molecule has 0 bridgehead atoms. The van der Waals surface area contributed by atoms with Crippen LogP contribution in [0.3, 0.4) is 0 Å². The Balaban J connectivity index is 1.51. The molecule has 2 aromatic heterocycles. The number of H-pyrrole nitrogens is 1. The number of piperidine rings is 1. The molecule has 1 atom stereocenters. The monoisotopic (exact) mass is 383 g/mol. The summed E-state index contributed by atoms with van der Waals surface area (Å²) < 4.78 is 38.3. The minimum absolute atomic E-state index is 0.0182. The Hall–Kier alpha value is -1.83. The molecule has 1 fully saturated rings. The third-order valence-electron chi connectivity index (χ3n) is 5.33.